The molecular weight excluding hydrogens is 641 g/mol. The summed E-state index contributed by atoms with van der Waals surface area (Å²) < 4.78 is 2.41. The zero-order valence-corrected chi connectivity index (χ0v) is 31.0. The van der Waals surface area contributed by atoms with Crippen molar-refractivity contribution in [1.29, 1.82) is 0 Å². The van der Waals surface area contributed by atoms with Crippen LogP contribution >= 0.6 is 0 Å². The molecule has 9 aromatic rings. The molecule has 2 nitrogen and oxygen atoms in total. The van der Waals surface area contributed by atoms with E-state index in [1.165, 1.54) is 105 Å². The van der Waals surface area contributed by atoms with Gasteiger partial charge in [-0.25, -0.2) is 0 Å². The van der Waals surface area contributed by atoms with Crippen LogP contribution in [0.15, 0.2) is 152 Å². The second-order valence-corrected chi connectivity index (χ2v) is 15.5. The lowest BCUT2D eigenvalue weighted by Crippen LogP contribution is -2.12. The lowest BCUT2D eigenvalue weighted by atomic mass is 9.78. The number of hydrogen-bond donors (Lipinski definition) is 0. The van der Waals surface area contributed by atoms with E-state index in [-0.39, 0.29) is 0 Å². The Bertz CT molecular complexity index is 2870. The highest BCUT2D eigenvalue weighted by Crippen LogP contribution is 2.51. The van der Waals surface area contributed by atoms with E-state index in [1.54, 1.807) is 0 Å². The summed E-state index contributed by atoms with van der Waals surface area (Å²) in [7, 11) is 0. The first-order valence-corrected chi connectivity index (χ1v) is 19.0. The molecule has 0 atom stereocenters. The number of aryl methyl sites for hydroxylation is 1. The Balaban J connectivity index is 1.07. The van der Waals surface area contributed by atoms with Gasteiger partial charge in [0.25, 0.3) is 0 Å². The summed E-state index contributed by atoms with van der Waals surface area (Å²) in [5, 5.41) is 7.63. The van der Waals surface area contributed by atoms with E-state index >= 15 is 0 Å². The second-order valence-electron chi connectivity index (χ2n) is 15.5. The maximum atomic E-state index is 2.46. The molecule has 0 radical (unpaired) electrons. The van der Waals surface area contributed by atoms with Gasteiger partial charge in [-0.15, -0.1) is 0 Å². The minimum atomic E-state index is 0.449. The Morgan fingerprint density at radius 1 is 0.434 bits per heavy atom. The molecule has 0 saturated heterocycles. The highest BCUT2D eigenvalue weighted by Gasteiger charge is 2.25. The van der Waals surface area contributed by atoms with Crippen LogP contribution in [-0.2, 0) is 0 Å². The fraction of sp³-hybridized carbons (Fsp3) is 0.137. The number of benzene rings is 8. The number of rotatable bonds is 6. The molecule has 0 fully saturated rings. The van der Waals surface area contributed by atoms with Gasteiger partial charge >= 0.3 is 0 Å². The van der Waals surface area contributed by atoms with E-state index in [4.69, 9.17) is 0 Å². The van der Waals surface area contributed by atoms with Crippen LogP contribution in [0.1, 0.15) is 56.2 Å². The molecule has 1 heterocycles. The molecule has 1 aromatic heterocycles. The predicted octanol–water partition coefficient (Wildman–Crippen LogP) is 14.8. The first kappa shape index (κ1) is 31.6. The third-order valence-corrected chi connectivity index (χ3v) is 11.5. The van der Waals surface area contributed by atoms with E-state index in [0.29, 0.717) is 11.8 Å². The van der Waals surface area contributed by atoms with Crippen molar-refractivity contribution in [2.24, 2.45) is 0 Å². The zero-order chi connectivity index (χ0) is 36.0. The van der Waals surface area contributed by atoms with Gasteiger partial charge in [-0.05, 0) is 158 Å². The van der Waals surface area contributed by atoms with E-state index in [0.717, 1.165) is 0 Å². The average molecular weight is 683 g/mol. The molecule has 0 aliphatic heterocycles. The summed E-state index contributed by atoms with van der Waals surface area (Å²) in [5.41, 5.74) is 16.6. The molecule has 10 rings (SSSR count). The first-order valence-electron chi connectivity index (χ1n) is 19.0. The SMILES string of the molecule is Cc1ccc(C(C)C)cc1N(c1cccc(C(C)C)c1)c1ccc2cc3c(cc2c1)-c1cc2ccc(-n4c5ccccc5c5ccccc54)cc2cc1-3. The maximum Gasteiger partial charge on any atom is 0.0541 e. The van der Waals surface area contributed by atoms with Crippen molar-refractivity contribution in [2.75, 3.05) is 4.90 Å². The van der Waals surface area contributed by atoms with Crippen molar-refractivity contribution in [3.63, 3.8) is 0 Å². The van der Waals surface area contributed by atoms with Crippen LogP contribution in [0.2, 0.25) is 0 Å². The molecule has 8 aromatic carbocycles. The van der Waals surface area contributed by atoms with Crippen LogP contribution in [0.3, 0.4) is 0 Å². The van der Waals surface area contributed by atoms with Crippen LogP contribution < -0.4 is 4.90 Å². The van der Waals surface area contributed by atoms with E-state index in [2.05, 4.69) is 196 Å². The Kier molecular flexibility index (Phi) is 7.14. The zero-order valence-electron chi connectivity index (χ0n) is 31.0. The van der Waals surface area contributed by atoms with Crippen molar-refractivity contribution in [2.45, 2.75) is 46.5 Å². The lowest BCUT2D eigenvalue weighted by Gasteiger charge is -2.30. The molecule has 2 heteroatoms. The number of nitrogens with zero attached hydrogens (tertiary/aromatic N) is 2. The van der Waals surface area contributed by atoms with Crippen LogP contribution in [0.25, 0.3) is 71.3 Å². The monoisotopic (exact) mass is 682 g/mol. The smallest absolute Gasteiger partial charge is 0.0541 e. The molecule has 256 valence electrons. The topological polar surface area (TPSA) is 8.17 Å². The van der Waals surface area contributed by atoms with Crippen LogP contribution in [0.4, 0.5) is 17.1 Å². The minimum Gasteiger partial charge on any atom is -0.310 e. The van der Waals surface area contributed by atoms with Crippen LogP contribution in [0, 0.1) is 6.92 Å². The molecular formula is C51H42N2. The summed E-state index contributed by atoms with van der Waals surface area (Å²) in [6.45, 7) is 11.3. The van der Waals surface area contributed by atoms with Crippen LogP contribution in [0.5, 0.6) is 0 Å². The fourth-order valence-electron chi connectivity index (χ4n) is 8.55. The molecule has 0 N–H and O–H groups in total. The number of aromatic nitrogens is 1. The Morgan fingerprint density at radius 3 is 1.62 bits per heavy atom. The number of hydrogen-bond acceptors (Lipinski definition) is 1. The van der Waals surface area contributed by atoms with Gasteiger partial charge < -0.3 is 9.47 Å². The van der Waals surface area contributed by atoms with Gasteiger partial charge in [0.05, 0.1) is 11.0 Å². The summed E-state index contributed by atoms with van der Waals surface area (Å²) in [4.78, 5) is 2.46. The van der Waals surface area contributed by atoms with Crippen LogP contribution in [-0.4, -0.2) is 4.57 Å². The summed E-state index contributed by atoms with van der Waals surface area (Å²) >= 11 is 0. The van der Waals surface area contributed by atoms with Crippen molar-refractivity contribution in [3.8, 4) is 27.9 Å². The van der Waals surface area contributed by atoms with Crippen molar-refractivity contribution in [1.82, 2.24) is 4.57 Å². The number of fused-ring (bicyclic) bond motifs is 9. The fourth-order valence-corrected chi connectivity index (χ4v) is 8.55. The van der Waals surface area contributed by atoms with Crippen molar-refractivity contribution < 1.29 is 0 Å². The Morgan fingerprint density at radius 2 is 0.981 bits per heavy atom. The molecule has 1 aliphatic carbocycles. The van der Waals surface area contributed by atoms with Gasteiger partial charge in [-0.3, -0.25) is 0 Å². The van der Waals surface area contributed by atoms with Gasteiger partial charge in [-0.1, -0.05) is 100 Å². The van der Waals surface area contributed by atoms with Crippen molar-refractivity contribution >= 4 is 60.4 Å². The maximum absolute atomic E-state index is 2.46. The Labute approximate surface area is 311 Å². The first-order chi connectivity index (χ1) is 25.8. The molecule has 0 spiro atoms. The van der Waals surface area contributed by atoms with E-state index in [9.17, 15) is 0 Å². The quantitative estimate of drug-likeness (QED) is 0.169. The standard InChI is InChI=1S/C51H42N2/c1-31(2)34-11-10-12-40(23-34)52(51-30-35(32(3)4)18-17-33(51)5)41-21-19-36-26-45-47(28-38(36)24-41)46-27-37-20-22-42(25-39(37)29-48(45)46)53-49-15-8-6-13-43(49)44-14-7-9-16-50(44)53/h6-32H,1-5H3. The largest absolute Gasteiger partial charge is 0.310 e. The Hall–Kier alpha value is -6.12. The van der Waals surface area contributed by atoms with Gasteiger partial charge in [0, 0.05) is 33.5 Å². The molecule has 0 amide bonds. The minimum absolute atomic E-state index is 0.449. The highest BCUT2D eigenvalue weighted by atomic mass is 15.1. The summed E-state index contributed by atoms with van der Waals surface area (Å²) in [6.07, 6.45) is 0. The summed E-state index contributed by atoms with van der Waals surface area (Å²) in [5.74, 6) is 0.900. The highest BCUT2D eigenvalue weighted by molar-refractivity contribution is 6.13. The normalized spacial score (nSPS) is 12.2. The van der Waals surface area contributed by atoms with E-state index < -0.39 is 0 Å². The average Bonchev–Trinajstić information content (AvgIpc) is 3.51. The third kappa shape index (κ3) is 5.00. The number of anilines is 3. The predicted molar refractivity (Wildman–Crippen MR) is 228 cm³/mol. The van der Waals surface area contributed by atoms with Crippen molar-refractivity contribution in [3.05, 3.63) is 168 Å². The second kappa shape index (κ2) is 12.0. The molecule has 1 aliphatic rings. The lowest BCUT2D eigenvalue weighted by molar-refractivity contribution is 0.864. The third-order valence-electron chi connectivity index (χ3n) is 11.5. The van der Waals surface area contributed by atoms with Gasteiger partial charge in [0.1, 0.15) is 0 Å². The van der Waals surface area contributed by atoms with Gasteiger partial charge in [-0.2, -0.15) is 0 Å². The molecule has 0 saturated carbocycles. The molecule has 0 unspecified atom stereocenters. The molecule has 53 heavy (non-hydrogen) atoms. The molecule has 0 bridgehead atoms. The van der Waals surface area contributed by atoms with Gasteiger partial charge in [0.15, 0.2) is 0 Å². The number of para-hydroxylation sites is 2. The van der Waals surface area contributed by atoms with Gasteiger partial charge in [0.2, 0.25) is 0 Å². The summed E-state index contributed by atoms with van der Waals surface area (Å²) in [6, 6.07) is 57.0. The van der Waals surface area contributed by atoms with E-state index in [1.807, 2.05) is 0 Å².